The summed E-state index contributed by atoms with van der Waals surface area (Å²) in [5.74, 6) is 0.436. The van der Waals surface area contributed by atoms with Gasteiger partial charge in [-0.05, 0) is 36.6 Å². The van der Waals surface area contributed by atoms with E-state index in [9.17, 15) is 4.79 Å². The molecule has 1 amide bonds. The predicted molar refractivity (Wildman–Crippen MR) is 133 cm³/mol. The van der Waals surface area contributed by atoms with E-state index in [-0.39, 0.29) is 6.10 Å². The predicted octanol–water partition coefficient (Wildman–Crippen LogP) is 3.88. The molecule has 9 nitrogen and oxygen atoms in total. The third-order valence-electron chi connectivity index (χ3n) is 7.25. The van der Waals surface area contributed by atoms with Crippen LogP contribution in [-0.4, -0.2) is 55.4 Å². The maximum absolute atomic E-state index is 11.3. The number of nitrogens with two attached hydrogens (primary N) is 1. The zero-order chi connectivity index (χ0) is 23.8. The SMILES string of the molecule is Nc1ncnn2c(-c3cccc(C4CN(C=O)CCO4)c3)cc(-c3ccnn3C3CCCCC3)c12. The number of morpholine rings is 1. The fourth-order valence-electron chi connectivity index (χ4n) is 5.48. The number of hydrogen-bond acceptors (Lipinski definition) is 6. The molecule has 1 atom stereocenters. The average molecular weight is 472 g/mol. The molecule has 1 aliphatic heterocycles. The lowest BCUT2D eigenvalue weighted by Gasteiger charge is -2.30. The number of nitrogen functional groups attached to an aromatic ring is 1. The number of rotatable bonds is 5. The normalized spacial score (nSPS) is 19.3. The van der Waals surface area contributed by atoms with Crippen LogP contribution in [0, 0.1) is 0 Å². The Hall–Kier alpha value is -3.72. The average Bonchev–Trinajstić information content (AvgIpc) is 3.55. The van der Waals surface area contributed by atoms with Crippen LogP contribution in [-0.2, 0) is 9.53 Å². The second-order valence-electron chi connectivity index (χ2n) is 9.39. The van der Waals surface area contributed by atoms with Gasteiger partial charge in [0.15, 0.2) is 5.82 Å². The summed E-state index contributed by atoms with van der Waals surface area (Å²) in [6.07, 6.45) is 10.1. The van der Waals surface area contributed by atoms with Gasteiger partial charge in [-0.3, -0.25) is 9.48 Å². The largest absolute Gasteiger partial charge is 0.382 e. The van der Waals surface area contributed by atoms with E-state index in [0.29, 0.717) is 31.6 Å². The minimum Gasteiger partial charge on any atom is -0.382 e. The Morgan fingerprint density at radius 3 is 2.80 bits per heavy atom. The minimum absolute atomic E-state index is 0.160. The second kappa shape index (κ2) is 9.14. The zero-order valence-corrected chi connectivity index (χ0v) is 19.6. The molecule has 4 heterocycles. The van der Waals surface area contributed by atoms with Gasteiger partial charge in [0.1, 0.15) is 17.9 Å². The number of ether oxygens (including phenoxy) is 1. The third kappa shape index (κ3) is 3.95. The second-order valence-corrected chi connectivity index (χ2v) is 9.39. The lowest BCUT2D eigenvalue weighted by Crippen LogP contribution is -2.37. The van der Waals surface area contributed by atoms with Crippen LogP contribution in [0.1, 0.15) is 49.8 Å². The van der Waals surface area contributed by atoms with E-state index in [1.54, 1.807) is 4.90 Å². The fourth-order valence-corrected chi connectivity index (χ4v) is 5.48. The van der Waals surface area contributed by atoms with Crippen molar-refractivity contribution in [1.82, 2.24) is 29.3 Å². The molecule has 35 heavy (non-hydrogen) atoms. The van der Waals surface area contributed by atoms with Crippen molar-refractivity contribution < 1.29 is 9.53 Å². The van der Waals surface area contributed by atoms with Crippen LogP contribution in [0.25, 0.3) is 28.0 Å². The van der Waals surface area contributed by atoms with E-state index in [4.69, 9.17) is 15.6 Å². The standard InChI is InChI=1S/C26H29N7O2/c27-26-25-21(22-9-10-29-32(22)20-7-2-1-3-8-20)14-23(33(25)30-16-28-26)18-5-4-6-19(13-18)24-15-31(17-34)11-12-35-24/h4-6,9-10,13-14,16-17,20,24H,1-3,7-8,11-12,15H2,(H2,27,28,30). The molecule has 2 N–H and O–H groups in total. The Morgan fingerprint density at radius 2 is 1.94 bits per heavy atom. The molecular formula is C26H29N7O2. The van der Waals surface area contributed by atoms with E-state index in [1.165, 1.54) is 25.6 Å². The molecule has 2 aliphatic rings. The molecule has 1 saturated carbocycles. The Labute approximate surface area is 203 Å². The Morgan fingerprint density at radius 1 is 1.06 bits per heavy atom. The molecule has 0 spiro atoms. The monoisotopic (exact) mass is 471 g/mol. The summed E-state index contributed by atoms with van der Waals surface area (Å²) in [4.78, 5) is 17.3. The van der Waals surface area contributed by atoms with Crippen LogP contribution < -0.4 is 5.73 Å². The Kier molecular flexibility index (Phi) is 5.69. The van der Waals surface area contributed by atoms with Crippen molar-refractivity contribution in [1.29, 1.82) is 0 Å². The molecular weight excluding hydrogens is 442 g/mol. The number of anilines is 1. The zero-order valence-electron chi connectivity index (χ0n) is 19.6. The maximum Gasteiger partial charge on any atom is 0.209 e. The Balaban J connectivity index is 1.44. The Bertz CT molecular complexity index is 1360. The molecule has 4 aromatic rings. The number of fused-ring (bicyclic) bond motifs is 1. The third-order valence-corrected chi connectivity index (χ3v) is 7.25. The summed E-state index contributed by atoms with van der Waals surface area (Å²) in [7, 11) is 0. The van der Waals surface area contributed by atoms with Crippen LogP contribution in [0.5, 0.6) is 0 Å². The summed E-state index contributed by atoms with van der Waals surface area (Å²) < 4.78 is 10.0. The molecule has 6 rings (SSSR count). The van der Waals surface area contributed by atoms with Gasteiger partial charge in [0, 0.05) is 23.9 Å². The van der Waals surface area contributed by atoms with Gasteiger partial charge in [-0.1, -0.05) is 37.5 Å². The van der Waals surface area contributed by atoms with Gasteiger partial charge in [-0.25, -0.2) is 9.50 Å². The van der Waals surface area contributed by atoms with Crippen molar-refractivity contribution in [2.24, 2.45) is 0 Å². The van der Waals surface area contributed by atoms with Crippen molar-refractivity contribution >= 4 is 17.7 Å². The summed E-state index contributed by atoms with van der Waals surface area (Å²) in [6.45, 7) is 1.70. The lowest BCUT2D eigenvalue weighted by atomic mass is 9.95. The van der Waals surface area contributed by atoms with Crippen LogP contribution in [0.15, 0.2) is 48.9 Å². The van der Waals surface area contributed by atoms with Gasteiger partial charge in [0.2, 0.25) is 6.41 Å². The molecule has 9 heteroatoms. The highest BCUT2D eigenvalue weighted by Crippen LogP contribution is 2.38. The van der Waals surface area contributed by atoms with Crippen molar-refractivity contribution in [3.05, 3.63) is 54.5 Å². The summed E-state index contributed by atoms with van der Waals surface area (Å²) in [5, 5.41) is 9.27. The summed E-state index contributed by atoms with van der Waals surface area (Å²) in [5.41, 5.74) is 12.1. The summed E-state index contributed by atoms with van der Waals surface area (Å²) >= 11 is 0. The number of carbonyl (C=O) groups excluding carboxylic acids is 1. The number of amides is 1. The maximum atomic E-state index is 11.3. The van der Waals surface area contributed by atoms with E-state index < -0.39 is 0 Å². The minimum atomic E-state index is -0.160. The molecule has 0 radical (unpaired) electrons. The molecule has 1 aliphatic carbocycles. The van der Waals surface area contributed by atoms with Crippen molar-refractivity contribution in [2.75, 3.05) is 25.4 Å². The van der Waals surface area contributed by atoms with E-state index in [0.717, 1.165) is 52.8 Å². The molecule has 0 bridgehead atoms. The highest BCUT2D eigenvalue weighted by Gasteiger charge is 2.25. The van der Waals surface area contributed by atoms with Crippen LogP contribution >= 0.6 is 0 Å². The first kappa shape index (κ1) is 21.8. The first-order valence-electron chi connectivity index (χ1n) is 12.3. The van der Waals surface area contributed by atoms with Gasteiger partial charge < -0.3 is 15.4 Å². The van der Waals surface area contributed by atoms with E-state index >= 15 is 0 Å². The topological polar surface area (TPSA) is 104 Å². The van der Waals surface area contributed by atoms with Crippen LogP contribution in [0.4, 0.5) is 5.82 Å². The first-order valence-corrected chi connectivity index (χ1v) is 12.3. The number of hydrogen-bond donors (Lipinski definition) is 1. The van der Waals surface area contributed by atoms with E-state index in [2.05, 4.69) is 39.0 Å². The van der Waals surface area contributed by atoms with Crippen molar-refractivity contribution in [3.63, 3.8) is 0 Å². The molecule has 2 fully saturated rings. The highest BCUT2D eigenvalue weighted by atomic mass is 16.5. The van der Waals surface area contributed by atoms with E-state index in [1.807, 2.05) is 22.8 Å². The number of carbonyl (C=O) groups is 1. The number of benzene rings is 1. The fraction of sp³-hybridized carbons (Fsp3) is 0.385. The van der Waals surface area contributed by atoms with Gasteiger partial charge in [0.25, 0.3) is 0 Å². The quantitative estimate of drug-likeness (QED) is 0.443. The smallest absolute Gasteiger partial charge is 0.209 e. The van der Waals surface area contributed by atoms with Gasteiger partial charge in [0.05, 0.1) is 30.6 Å². The van der Waals surface area contributed by atoms with Gasteiger partial charge in [-0.15, -0.1) is 0 Å². The molecule has 3 aromatic heterocycles. The van der Waals surface area contributed by atoms with Crippen molar-refractivity contribution in [2.45, 2.75) is 44.2 Å². The number of nitrogens with zero attached hydrogens (tertiary/aromatic N) is 6. The van der Waals surface area contributed by atoms with Crippen molar-refractivity contribution in [3.8, 4) is 22.5 Å². The summed E-state index contributed by atoms with van der Waals surface area (Å²) in [6, 6.07) is 12.8. The lowest BCUT2D eigenvalue weighted by molar-refractivity contribution is -0.125. The van der Waals surface area contributed by atoms with Crippen LogP contribution in [0.3, 0.4) is 0 Å². The molecule has 1 unspecified atom stereocenters. The van der Waals surface area contributed by atoms with Gasteiger partial charge >= 0.3 is 0 Å². The number of aromatic nitrogens is 5. The molecule has 1 aromatic carbocycles. The highest BCUT2D eigenvalue weighted by molar-refractivity contribution is 5.90. The molecule has 1 saturated heterocycles. The van der Waals surface area contributed by atoms with Gasteiger partial charge in [-0.2, -0.15) is 10.2 Å². The van der Waals surface area contributed by atoms with Crippen LogP contribution in [0.2, 0.25) is 0 Å². The molecule has 180 valence electrons. The first-order chi connectivity index (χ1) is 17.2.